The van der Waals surface area contributed by atoms with Crippen molar-refractivity contribution in [3.8, 4) is 5.75 Å². The summed E-state index contributed by atoms with van der Waals surface area (Å²) in [7, 11) is -4.21. The van der Waals surface area contributed by atoms with E-state index in [9.17, 15) is 23.4 Å². The number of rotatable bonds is 5. The molecule has 1 fully saturated rings. The van der Waals surface area contributed by atoms with Crippen LogP contribution in [0.4, 0.5) is 10.1 Å². The van der Waals surface area contributed by atoms with Crippen LogP contribution in [0.2, 0.25) is 0 Å². The molecule has 4 N–H and O–H groups in total. The Morgan fingerprint density at radius 1 is 1.50 bits per heavy atom. The van der Waals surface area contributed by atoms with Crippen molar-refractivity contribution in [3.05, 3.63) is 23.0 Å². The predicted molar refractivity (Wildman–Crippen MR) is 92.6 cm³/mol. The van der Waals surface area contributed by atoms with Crippen molar-refractivity contribution in [1.29, 1.82) is 0 Å². The minimum Gasteiger partial charge on any atom is -0.506 e. The molecule has 0 unspecified atom stereocenters. The van der Waals surface area contributed by atoms with Crippen molar-refractivity contribution in [2.24, 2.45) is 0 Å². The summed E-state index contributed by atoms with van der Waals surface area (Å²) in [5.41, 5.74) is 0.480. The van der Waals surface area contributed by atoms with Crippen LogP contribution in [0.3, 0.4) is 0 Å². The van der Waals surface area contributed by atoms with Gasteiger partial charge in [-0.05, 0) is 56.3 Å². The van der Waals surface area contributed by atoms with Gasteiger partial charge in [-0.3, -0.25) is 4.79 Å². The van der Waals surface area contributed by atoms with E-state index in [4.69, 9.17) is 0 Å². The molecule has 0 radical (unpaired) electrons. The number of phenols is 1. The van der Waals surface area contributed by atoms with Crippen molar-refractivity contribution in [1.82, 2.24) is 10.0 Å². The van der Waals surface area contributed by atoms with Crippen molar-refractivity contribution < 1.29 is 27.8 Å². The summed E-state index contributed by atoms with van der Waals surface area (Å²) >= 11 is 0. The molecule has 2 atom stereocenters. The number of benzene rings is 1. The van der Waals surface area contributed by atoms with Crippen LogP contribution in [0.5, 0.6) is 5.75 Å². The maximum absolute atomic E-state index is 15.1. The van der Waals surface area contributed by atoms with Crippen molar-refractivity contribution in [2.45, 2.75) is 44.8 Å². The summed E-state index contributed by atoms with van der Waals surface area (Å²) in [6, 6.07) is 1.36. The molecule has 0 bridgehead atoms. The molecule has 3 rings (SSSR count). The first-order chi connectivity index (χ1) is 12.2. The standard InChI is InChI=1S/C16H22FN3O5S/c1-9(21)4-5-18-11-3-2-10-6-13(22)16(15(17)12(10)7-11)20-8-14(23)19-26(20,24)25/h6,9,11,18,21-22H,2-5,7-8H2,1H3,(H,19,23)/t9-,11-/m1/s1. The van der Waals surface area contributed by atoms with Crippen molar-refractivity contribution in [2.75, 3.05) is 17.4 Å². The van der Waals surface area contributed by atoms with E-state index in [0.717, 1.165) is 6.42 Å². The third kappa shape index (κ3) is 3.62. The molecule has 1 saturated heterocycles. The first kappa shape index (κ1) is 18.9. The Morgan fingerprint density at radius 2 is 2.23 bits per heavy atom. The molecule has 144 valence electrons. The number of aromatic hydroxyl groups is 1. The first-order valence-electron chi connectivity index (χ1n) is 8.47. The van der Waals surface area contributed by atoms with Crippen LogP contribution in [0.1, 0.15) is 30.9 Å². The summed E-state index contributed by atoms with van der Waals surface area (Å²) in [5.74, 6) is -2.09. The fourth-order valence-corrected chi connectivity index (χ4v) is 4.56. The van der Waals surface area contributed by atoms with Gasteiger partial charge >= 0.3 is 10.2 Å². The Bertz CT molecular complexity index is 828. The maximum atomic E-state index is 15.1. The minimum atomic E-state index is -4.21. The molecule has 1 aromatic rings. The largest absolute Gasteiger partial charge is 0.506 e. The normalized spacial score (nSPS) is 22.8. The lowest BCUT2D eigenvalue weighted by Crippen LogP contribution is -2.37. The number of nitrogens with zero attached hydrogens (tertiary/aromatic N) is 1. The Kier molecular flexibility index (Phi) is 5.09. The summed E-state index contributed by atoms with van der Waals surface area (Å²) in [5, 5.41) is 22.7. The molecule has 1 aromatic carbocycles. The molecule has 10 heteroatoms. The maximum Gasteiger partial charge on any atom is 0.326 e. The number of aliphatic hydroxyl groups excluding tert-OH is 1. The number of aliphatic hydroxyl groups is 1. The average Bonchev–Trinajstić information content (AvgIpc) is 2.80. The van der Waals surface area contributed by atoms with E-state index in [2.05, 4.69) is 5.32 Å². The van der Waals surface area contributed by atoms with Crippen molar-refractivity contribution >= 4 is 21.8 Å². The fourth-order valence-electron chi connectivity index (χ4n) is 3.39. The van der Waals surface area contributed by atoms with Gasteiger partial charge in [0, 0.05) is 6.04 Å². The molecular weight excluding hydrogens is 365 g/mol. The van der Waals surface area contributed by atoms with Crippen LogP contribution in [-0.4, -0.2) is 49.8 Å². The third-order valence-electron chi connectivity index (χ3n) is 4.69. The molecule has 8 nitrogen and oxygen atoms in total. The zero-order valence-corrected chi connectivity index (χ0v) is 15.1. The zero-order chi connectivity index (χ0) is 19.1. The number of fused-ring (bicyclic) bond motifs is 1. The summed E-state index contributed by atoms with van der Waals surface area (Å²) in [6.07, 6.45) is 1.77. The number of halogens is 1. The average molecular weight is 387 g/mol. The van der Waals surface area contributed by atoms with Gasteiger partial charge in [0.25, 0.3) is 5.91 Å². The van der Waals surface area contributed by atoms with E-state index < -0.39 is 46.0 Å². The second-order valence-corrected chi connectivity index (χ2v) is 8.36. The van der Waals surface area contributed by atoms with Gasteiger partial charge in [0.2, 0.25) is 0 Å². The Balaban J connectivity index is 1.88. The summed E-state index contributed by atoms with van der Waals surface area (Å²) in [4.78, 5) is 11.4. The SMILES string of the molecule is C[C@@H](O)CCN[C@@H]1CCc2cc(O)c(N3CC(=O)NS3(=O)=O)c(F)c2C1. The Labute approximate surface area is 151 Å². The van der Waals surface area contributed by atoms with Crippen LogP contribution in [0.15, 0.2) is 6.07 Å². The number of hydrogen-bond acceptors (Lipinski definition) is 6. The number of anilines is 1. The number of amides is 1. The lowest BCUT2D eigenvalue weighted by Gasteiger charge is -2.28. The number of carbonyl (C=O) groups is 1. The number of aryl methyl sites for hydroxylation is 1. The summed E-state index contributed by atoms with van der Waals surface area (Å²) in [6.45, 7) is 1.71. The molecule has 0 aromatic heterocycles. The Hall–Kier alpha value is -1.91. The van der Waals surface area contributed by atoms with E-state index in [0.29, 0.717) is 41.2 Å². The van der Waals surface area contributed by atoms with Gasteiger partial charge in [0.15, 0.2) is 5.82 Å². The molecule has 1 amide bonds. The molecule has 0 spiro atoms. The number of phenolic OH excluding ortho intramolecular Hbond substituents is 1. The molecule has 0 saturated carbocycles. The third-order valence-corrected chi connectivity index (χ3v) is 6.07. The zero-order valence-electron chi connectivity index (χ0n) is 14.3. The number of hydrogen-bond donors (Lipinski definition) is 4. The van der Waals surface area contributed by atoms with Gasteiger partial charge in [0.05, 0.1) is 6.10 Å². The van der Waals surface area contributed by atoms with E-state index in [1.54, 1.807) is 11.6 Å². The van der Waals surface area contributed by atoms with Crippen LogP contribution >= 0.6 is 0 Å². The van der Waals surface area contributed by atoms with Crippen LogP contribution < -0.4 is 14.3 Å². The Morgan fingerprint density at radius 3 is 2.85 bits per heavy atom. The predicted octanol–water partition coefficient (Wildman–Crippen LogP) is -0.0699. The highest BCUT2D eigenvalue weighted by molar-refractivity contribution is 7.92. The lowest BCUT2D eigenvalue weighted by atomic mass is 9.87. The van der Waals surface area contributed by atoms with Crippen LogP contribution in [0.25, 0.3) is 0 Å². The minimum absolute atomic E-state index is 0.0110. The topological polar surface area (TPSA) is 119 Å². The fraction of sp³-hybridized carbons (Fsp3) is 0.562. The second kappa shape index (κ2) is 7.01. The molecule has 2 aliphatic rings. The smallest absolute Gasteiger partial charge is 0.326 e. The highest BCUT2D eigenvalue weighted by atomic mass is 32.2. The van der Waals surface area contributed by atoms with E-state index >= 15 is 4.39 Å². The molecular formula is C16H22FN3O5S. The summed E-state index contributed by atoms with van der Waals surface area (Å²) < 4.78 is 41.4. The van der Waals surface area contributed by atoms with E-state index in [1.807, 2.05) is 0 Å². The van der Waals surface area contributed by atoms with Gasteiger partial charge in [0.1, 0.15) is 18.0 Å². The van der Waals surface area contributed by atoms with Gasteiger partial charge in [-0.15, -0.1) is 0 Å². The quantitative estimate of drug-likeness (QED) is 0.562. The van der Waals surface area contributed by atoms with Crippen molar-refractivity contribution in [3.63, 3.8) is 0 Å². The molecule has 1 aliphatic heterocycles. The monoisotopic (exact) mass is 387 g/mol. The van der Waals surface area contributed by atoms with Crippen LogP contribution in [0, 0.1) is 5.82 Å². The highest BCUT2D eigenvalue weighted by Gasteiger charge is 2.39. The molecule has 1 aliphatic carbocycles. The molecule has 26 heavy (non-hydrogen) atoms. The first-order valence-corrected chi connectivity index (χ1v) is 9.91. The second-order valence-electron chi connectivity index (χ2n) is 6.76. The van der Waals surface area contributed by atoms with Gasteiger partial charge < -0.3 is 15.5 Å². The van der Waals surface area contributed by atoms with Gasteiger partial charge in [-0.2, -0.15) is 8.42 Å². The van der Waals surface area contributed by atoms with Gasteiger partial charge in [-0.25, -0.2) is 13.4 Å². The van der Waals surface area contributed by atoms with Gasteiger partial charge in [-0.1, -0.05) is 0 Å². The highest BCUT2D eigenvalue weighted by Crippen LogP contribution is 2.39. The van der Waals surface area contributed by atoms with E-state index in [-0.39, 0.29) is 6.04 Å². The van der Waals surface area contributed by atoms with E-state index in [1.165, 1.54) is 6.07 Å². The number of nitrogens with one attached hydrogen (secondary N) is 2. The van der Waals surface area contributed by atoms with Crippen LogP contribution in [-0.2, 0) is 27.8 Å². The lowest BCUT2D eigenvalue weighted by molar-refractivity contribution is -0.117. The number of carbonyl (C=O) groups excluding carboxylic acids is 1. The molecule has 1 heterocycles.